The van der Waals surface area contributed by atoms with Gasteiger partial charge in [-0.15, -0.1) is 0 Å². The zero-order chi connectivity index (χ0) is 11.5. The SMILES string of the molecule is CCN1CCNCC1C(=O)OC(C)(C)C. The molecule has 1 atom stereocenters. The Labute approximate surface area is 92.0 Å². The van der Waals surface area contributed by atoms with Crippen LogP contribution in [-0.2, 0) is 9.53 Å². The molecule has 0 aromatic carbocycles. The summed E-state index contributed by atoms with van der Waals surface area (Å²) < 4.78 is 5.39. The predicted molar refractivity (Wildman–Crippen MR) is 59.7 cm³/mol. The summed E-state index contributed by atoms with van der Waals surface area (Å²) in [6.07, 6.45) is 0. The van der Waals surface area contributed by atoms with Gasteiger partial charge in [0.15, 0.2) is 0 Å². The number of ether oxygens (including phenoxy) is 1. The van der Waals surface area contributed by atoms with Gasteiger partial charge in [0.2, 0.25) is 0 Å². The summed E-state index contributed by atoms with van der Waals surface area (Å²) >= 11 is 0. The fourth-order valence-electron chi connectivity index (χ4n) is 1.73. The average molecular weight is 214 g/mol. The second-order valence-electron chi connectivity index (χ2n) is 4.88. The van der Waals surface area contributed by atoms with Gasteiger partial charge in [-0.2, -0.15) is 0 Å². The summed E-state index contributed by atoms with van der Waals surface area (Å²) in [6, 6.07) is -0.122. The zero-order valence-electron chi connectivity index (χ0n) is 10.2. The van der Waals surface area contributed by atoms with Crippen LogP contribution >= 0.6 is 0 Å². The molecule has 15 heavy (non-hydrogen) atoms. The van der Waals surface area contributed by atoms with Crippen LogP contribution < -0.4 is 5.32 Å². The standard InChI is InChI=1S/C11H22N2O2/c1-5-13-7-6-12-8-9(13)10(14)15-11(2,3)4/h9,12H,5-8H2,1-4H3. The van der Waals surface area contributed by atoms with Crippen molar-refractivity contribution in [1.82, 2.24) is 10.2 Å². The fourth-order valence-corrected chi connectivity index (χ4v) is 1.73. The van der Waals surface area contributed by atoms with Gasteiger partial charge < -0.3 is 10.1 Å². The molecule has 1 rings (SSSR count). The minimum Gasteiger partial charge on any atom is -0.459 e. The van der Waals surface area contributed by atoms with Gasteiger partial charge in [-0.05, 0) is 27.3 Å². The normalized spacial score (nSPS) is 23.9. The van der Waals surface area contributed by atoms with Crippen LogP contribution in [0.25, 0.3) is 0 Å². The van der Waals surface area contributed by atoms with Gasteiger partial charge >= 0.3 is 5.97 Å². The van der Waals surface area contributed by atoms with E-state index in [0.29, 0.717) is 6.54 Å². The predicted octanol–water partition coefficient (Wildman–Crippen LogP) is 0.622. The molecule has 0 radical (unpaired) electrons. The first-order valence-electron chi connectivity index (χ1n) is 5.61. The summed E-state index contributed by atoms with van der Waals surface area (Å²) in [4.78, 5) is 14.0. The van der Waals surface area contributed by atoms with E-state index in [-0.39, 0.29) is 12.0 Å². The number of hydrogen-bond donors (Lipinski definition) is 1. The lowest BCUT2D eigenvalue weighted by Crippen LogP contribution is -2.56. The maximum Gasteiger partial charge on any atom is 0.325 e. The van der Waals surface area contributed by atoms with Gasteiger partial charge in [-0.25, -0.2) is 0 Å². The number of nitrogens with zero attached hydrogens (tertiary/aromatic N) is 1. The number of likely N-dealkylation sites (N-methyl/N-ethyl adjacent to an activating group) is 1. The number of carbonyl (C=O) groups is 1. The number of rotatable bonds is 2. The van der Waals surface area contributed by atoms with Crippen LogP contribution in [0, 0.1) is 0 Å². The second-order valence-corrected chi connectivity index (χ2v) is 4.88. The third kappa shape index (κ3) is 3.80. The lowest BCUT2D eigenvalue weighted by Gasteiger charge is -2.35. The smallest absolute Gasteiger partial charge is 0.325 e. The Morgan fingerprint density at radius 3 is 2.73 bits per heavy atom. The minimum atomic E-state index is -0.395. The highest BCUT2D eigenvalue weighted by atomic mass is 16.6. The lowest BCUT2D eigenvalue weighted by atomic mass is 10.1. The maximum absolute atomic E-state index is 11.9. The number of esters is 1. The van der Waals surface area contributed by atoms with Gasteiger partial charge in [0.1, 0.15) is 11.6 Å². The topological polar surface area (TPSA) is 41.6 Å². The molecule has 1 heterocycles. The van der Waals surface area contributed by atoms with E-state index in [1.54, 1.807) is 0 Å². The number of hydrogen-bond acceptors (Lipinski definition) is 4. The van der Waals surface area contributed by atoms with E-state index in [1.807, 2.05) is 20.8 Å². The largest absolute Gasteiger partial charge is 0.459 e. The molecular formula is C11H22N2O2. The first-order valence-corrected chi connectivity index (χ1v) is 5.61. The number of piperazine rings is 1. The molecule has 0 bridgehead atoms. The Kier molecular flexibility index (Phi) is 4.11. The number of carbonyl (C=O) groups excluding carboxylic acids is 1. The van der Waals surface area contributed by atoms with E-state index in [1.165, 1.54) is 0 Å². The molecule has 1 aliphatic heterocycles. The van der Waals surface area contributed by atoms with Crippen molar-refractivity contribution in [3.63, 3.8) is 0 Å². The van der Waals surface area contributed by atoms with Crippen molar-refractivity contribution in [3.05, 3.63) is 0 Å². The van der Waals surface area contributed by atoms with Crippen molar-refractivity contribution >= 4 is 5.97 Å². The molecule has 0 aromatic rings. The molecule has 0 aliphatic carbocycles. The molecule has 1 N–H and O–H groups in total. The molecule has 1 saturated heterocycles. The molecule has 0 aromatic heterocycles. The van der Waals surface area contributed by atoms with E-state index in [2.05, 4.69) is 17.1 Å². The Morgan fingerprint density at radius 2 is 2.20 bits per heavy atom. The van der Waals surface area contributed by atoms with E-state index in [4.69, 9.17) is 4.74 Å². The van der Waals surface area contributed by atoms with Gasteiger partial charge in [0.05, 0.1) is 0 Å². The highest BCUT2D eigenvalue weighted by Gasteiger charge is 2.31. The molecule has 0 saturated carbocycles. The lowest BCUT2D eigenvalue weighted by molar-refractivity contribution is -0.162. The Morgan fingerprint density at radius 1 is 1.53 bits per heavy atom. The summed E-state index contributed by atoms with van der Waals surface area (Å²) in [6.45, 7) is 11.2. The van der Waals surface area contributed by atoms with Crippen molar-refractivity contribution in [1.29, 1.82) is 0 Å². The van der Waals surface area contributed by atoms with E-state index in [0.717, 1.165) is 19.6 Å². The first kappa shape index (κ1) is 12.5. The summed E-state index contributed by atoms with van der Waals surface area (Å²) in [5.41, 5.74) is -0.395. The molecule has 4 heteroatoms. The van der Waals surface area contributed by atoms with Gasteiger partial charge in [0, 0.05) is 19.6 Å². The van der Waals surface area contributed by atoms with Crippen LogP contribution in [0.4, 0.5) is 0 Å². The maximum atomic E-state index is 11.9. The Hall–Kier alpha value is -0.610. The summed E-state index contributed by atoms with van der Waals surface area (Å²) in [5, 5.41) is 3.22. The van der Waals surface area contributed by atoms with Crippen LogP contribution in [0.5, 0.6) is 0 Å². The number of nitrogens with one attached hydrogen (secondary N) is 1. The third-order valence-electron chi connectivity index (χ3n) is 2.44. The van der Waals surface area contributed by atoms with Crippen molar-refractivity contribution in [2.24, 2.45) is 0 Å². The highest BCUT2D eigenvalue weighted by Crippen LogP contribution is 2.12. The van der Waals surface area contributed by atoms with Gasteiger partial charge in [-0.3, -0.25) is 9.69 Å². The van der Waals surface area contributed by atoms with E-state index in [9.17, 15) is 4.79 Å². The Balaban J connectivity index is 2.56. The van der Waals surface area contributed by atoms with Crippen molar-refractivity contribution in [3.8, 4) is 0 Å². The second kappa shape index (κ2) is 4.94. The summed E-state index contributed by atoms with van der Waals surface area (Å²) in [5.74, 6) is -0.114. The summed E-state index contributed by atoms with van der Waals surface area (Å²) in [7, 11) is 0. The highest BCUT2D eigenvalue weighted by molar-refractivity contribution is 5.76. The van der Waals surface area contributed by atoms with Crippen LogP contribution in [0.1, 0.15) is 27.7 Å². The fraction of sp³-hybridized carbons (Fsp3) is 0.909. The van der Waals surface area contributed by atoms with Crippen LogP contribution in [-0.4, -0.2) is 48.7 Å². The van der Waals surface area contributed by atoms with Crippen molar-refractivity contribution in [2.75, 3.05) is 26.2 Å². The first-order chi connectivity index (χ1) is 6.94. The van der Waals surface area contributed by atoms with Crippen molar-refractivity contribution in [2.45, 2.75) is 39.3 Å². The van der Waals surface area contributed by atoms with Gasteiger partial charge in [-0.1, -0.05) is 6.92 Å². The van der Waals surface area contributed by atoms with E-state index < -0.39 is 5.60 Å². The molecule has 0 amide bonds. The zero-order valence-corrected chi connectivity index (χ0v) is 10.2. The van der Waals surface area contributed by atoms with Crippen LogP contribution in [0.3, 0.4) is 0 Å². The molecule has 4 nitrogen and oxygen atoms in total. The van der Waals surface area contributed by atoms with Crippen LogP contribution in [0.2, 0.25) is 0 Å². The molecule has 1 aliphatic rings. The van der Waals surface area contributed by atoms with Crippen molar-refractivity contribution < 1.29 is 9.53 Å². The monoisotopic (exact) mass is 214 g/mol. The van der Waals surface area contributed by atoms with Crippen LogP contribution in [0.15, 0.2) is 0 Å². The molecule has 1 unspecified atom stereocenters. The Bertz CT molecular complexity index is 223. The molecular weight excluding hydrogens is 192 g/mol. The minimum absolute atomic E-state index is 0.114. The molecule has 0 spiro atoms. The third-order valence-corrected chi connectivity index (χ3v) is 2.44. The molecule has 88 valence electrons. The van der Waals surface area contributed by atoms with Gasteiger partial charge in [0.25, 0.3) is 0 Å². The average Bonchev–Trinajstić information content (AvgIpc) is 2.15. The molecule has 1 fully saturated rings. The van der Waals surface area contributed by atoms with E-state index >= 15 is 0 Å². The quantitative estimate of drug-likeness (QED) is 0.684.